The highest BCUT2D eigenvalue weighted by atomic mass is 35.5. The van der Waals surface area contributed by atoms with E-state index in [0.29, 0.717) is 21.8 Å². The Morgan fingerprint density at radius 1 is 1.47 bits per heavy atom. The molecular weight excluding hydrogens is 243 g/mol. The molecule has 0 saturated carbocycles. The number of hydrogen-bond donors (Lipinski definition) is 1. The molecule has 0 bridgehead atoms. The molecule has 90 valence electrons. The summed E-state index contributed by atoms with van der Waals surface area (Å²) in [7, 11) is 1.68. The number of aryl methyl sites for hydroxylation is 2. The van der Waals surface area contributed by atoms with Crippen LogP contribution < -0.4 is 0 Å². The number of aliphatic hydroxyl groups is 1. The van der Waals surface area contributed by atoms with Gasteiger partial charge in [0.25, 0.3) is 0 Å². The number of aliphatic hydroxyl groups excluding tert-OH is 1. The van der Waals surface area contributed by atoms with Crippen molar-refractivity contribution in [2.24, 2.45) is 7.05 Å². The SMILES string of the molecule is Cc1ccc(C(O)c2c(Cl)cnn2C)cc1F. The van der Waals surface area contributed by atoms with E-state index in [9.17, 15) is 9.50 Å². The highest BCUT2D eigenvalue weighted by Crippen LogP contribution is 2.28. The monoisotopic (exact) mass is 254 g/mol. The first-order valence-corrected chi connectivity index (χ1v) is 5.50. The fraction of sp³-hybridized carbons (Fsp3) is 0.250. The molecular formula is C12H12ClFN2O. The van der Waals surface area contributed by atoms with Gasteiger partial charge in [-0.05, 0) is 24.1 Å². The average molecular weight is 255 g/mol. The lowest BCUT2D eigenvalue weighted by atomic mass is 10.0. The van der Waals surface area contributed by atoms with Crippen molar-refractivity contribution in [3.8, 4) is 0 Å². The van der Waals surface area contributed by atoms with Crippen molar-refractivity contribution in [1.29, 1.82) is 0 Å². The Morgan fingerprint density at radius 2 is 2.18 bits per heavy atom. The van der Waals surface area contributed by atoms with Gasteiger partial charge in [0.1, 0.15) is 11.9 Å². The normalized spacial score (nSPS) is 12.8. The van der Waals surface area contributed by atoms with Crippen LogP contribution in [0.5, 0.6) is 0 Å². The molecule has 1 aromatic heterocycles. The van der Waals surface area contributed by atoms with Gasteiger partial charge in [0, 0.05) is 7.05 Å². The Bertz CT molecular complexity index is 534. The molecule has 17 heavy (non-hydrogen) atoms. The summed E-state index contributed by atoms with van der Waals surface area (Å²) in [6, 6.07) is 4.61. The molecule has 2 aromatic rings. The van der Waals surface area contributed by atoms with Gasteiger partial charge in [0.15, 0.2) is 0 Å². The van der Waals surface area contributed by atoms with E-state index in [1.807, 2.05) is 0 Å². The van der Waals surface area contributed by atoms with Gasteiger partial charge in [-0.25, -0.2) is 4.39 Å². The minimum Gasteiger partial charge on any atom is -0.382 e. The zero-order chi connectivity index (χ0) is 12.6. The fourth-order valence-corrected chi connectivity index (χ4v) is 1.93. The summed E-state index contributed by atoms with van der Waals surface area (Å²) in [6.07, 6.45) is 0.468. The first-order chi connectivity index (χ1) is 8.00. The predicted molar refractivity (Wildman–Crippen MR) is 63.4 cm³/mol. The maximum absolute atomic E-state index is 13.4. The van der Waals surface area contributed by atoms with Crippen LogP contribution in [0.2, 0.25) is 5.02 Å². The average Bonchev–Trinajstić information content (AvgIpc) is 2.62. The molecule has 2 rings (SSSR count). The van der Waals surface area contributed by atoms with Crippen molar-refractivity contribution in [1.82, 2.24) is 9.78 Å². The van der Waals surface area contributed by atoms with Gasteiger partial charge in [-0.1, -0.05) is 23.7 Å². The third kappa shape index (κ3) is 2.18. The lowest BCUT2D eigenvalue weighted by Gasteiger charge is -2.12. The van der Waals surface area contributed by atoms with Crippen LogP contribution in [0.25, 0.3) is 0 Å². The maximum atomic E-state index is 13.4. The van der Waals surface area contributed by atoms with Crippen molar-refractivity contribution >= 4 is 11.6 Å². The zero-order valence-corrected chi connectivity index (χ0v) is 10.2. The molecule has 0 fully saturated rings. The predicted octanol–water partition coefficient (Wildman–Crippen LogP) is 2.60. The molecule has 5 heteroatoms. The number of benzene rings is 1. The molecule has 0 spiro atoms. The standard InChI is InChI=1S/C12H12ClFN2O/c1-7-3-4-8(5-10(7)14)12(17)11-9(13)6-15-16(11)2/h3-6,12,17H,1-2H3. The van der Waals surface area contributed by atoms with Crippen LogP contribution in [-0.4, -0.2) is 14.9 Å². The summed E-state index contributed by atoms with van der Waals surface area (Å²) in [5, 5.41) is 14.4. The summed E-state index contributed by atoms with van der Waals surface area (Å²) < 4.78 is 14.9. The molecule has 0 aliphatic heterocycles. The molecule has 0 radical (unpaired) electrons. The van der Waals surface area contributed by atoms with Crippen molar-refractivity contribution in [3.63, 3.8) is 0 Å². The molecule has 1 unspecified atom stereocenters. The van der Waals surface area contributed by atoms with Crippen LogP contribution in [0.1, 0.15) is 22.9 Å². The van der Waals surface area contributed by atoms with E-state index in [1.165, 1.54) is 16.9 Å². The van der Waals surface area contributed by atoms with Crippen LogP contribution >= 0.6 is 11.6 Å². The fourth-order valence-electron chi connectivity index (χ4n) is 1.66. The van der Waals surface area contributed by atoms with E-state index in [1.54, 1.807) is 26.1 Å². The van der Waals surface area contributed by atoms with Gasteiger partial charge in [-0.3, -0.25) is 4.68 Å². The summed E-state index contributed by atoms with van der Waals surface area (Å²) in [5.74, 6) is -0.347. The maximum Gasteiger partial charge on any atom is 0.126 e. The largest absolute Gasteiger partial charge is 0.382 e. The third-order valence-electron chi connectivity index (χ3n) is 2.71. The second kappa shape index (κ2) is 4.47. The molecule has 1 heterocycles. The van der Waals surface area contributed by atoms with Gasteiger partial charge in [0.05, 0.1) is 16.9 Å². The lowest BCUT2D eigenvalue weighted by molar-refractivity contribution is 0.209. The minimum atomic E-state index is -0.981. The van der Waals surface area contributed by atoms with Gasteiger partial charge >= 0.3 is 0 Å². The highest BCUT2D eigenvalue weighted by Gasteiger charge is 2.19. The van der Waals surface area contributed by atoms with Crippen LogP contribution in [0.15, 0.2) is 24.4 Å². The third-order valence-corrected chi connectivity index (χ3v) is 3.00. The summed E-state index contributed by atoms with van der Waals surface area (Å²) in [6.45, 7) is 1.67. The Balaban J connectivity index is 2.43. The van der Waals surface area contributed by atoms with Crippen molar-refractivity contribution in [2.45, 2.75) is 13.0 Å². The van der Waals surface area contributed by atoms with E-state index < -0.39 is 6.10 Å². The van der Waals surface area contributed by atoms with Crippen molar-refractivity contribution in [3.05, 3.63) is 52.1 Å². The van der Waals surface area contributed by atoms with Crippen LogP contribution in [-0.2, 0) is 7.05 Å². The van der Waals surface area contributed by atoms with E-state index in [4.69, 9.17) is 11.6 Å². The van der Waals surface area contributed by atoms with Crippen molar-refractivity contribution < 1.29 is 9.50 Å². The quantitative estimate of drug-likeness (QED) is 0.895. The topological polar surface area (TPSA) is 38.1 Å². The number of nitrogens with zero attached hydrogens (tertiary/aromatic N) is 2. The Labute approximate surface area is 103 Å². The van der Waals surface area contributed by atoms with Crippen LogP contribution in [0.4, 0.5) is 4.39 Å². The molecule has 1 atom stereocenters. The lowest BCUT2D eigenvalue weighted by Crippen LogP contribution is -2.07. The molecule has 0 aliphatic carbocycles. The molecule has 1 aromatic carbocycles. The number of halogens is 2. The van der Waals surface area contributed by atoms with Gasteiger partial charge in [-0.2, -0.15) is 5.10 Å². The van der Waals surface area contributed by atoms with Crippen LogP contribution in [0.3, 0.4) is 0 Å². The van der Waals surface area contributed by atoms with Gasteiger partial charge in [-0.15, -0.1) is 0 Å². The summed E-state index contributed by atoms with van der Waals surface area (Å²) >= 11 is 5.92. The highest BCUT2D eigenvalue weighted by molar-refractivity contribution is 6.31. The summed E-state index contributed by atoms with van der Waals surface area (Å²) in [4.78, 5) is 0. The Hall–Kier alpha value is -1.39. The van der Waals surface area contributed by atoms with E-state index in [-0.39, 0.29) is 5.82 Å². The Kier molecular flexibility index (Phi) is 3.17. The van der Waals surface area contributed by atoms with Crippen LogP contribution in [0, 0.1) is 12.7 Å². The first-order valence-electron chi connectivity index (χ1n) is 5.12. The van der Waals surface area contributed by atoms with Crippen molar-refractivity contribution in [2.75, 3.05) is 0 Å². The first kappa shape index (κ1) is 12.1. The van der Waals surface area contributed by atoms with E-state index in [0.717, 1.165) is 0 Å². The van der Waals surface area contributed by atoms with E-state index in [2.05, 4.69) is 5.10 Å². The number of hydrogen-bond acceptors (Lipinski definition) is 2. The number of rotatable bonds is 2. The minimum absolute atomic E-state index is 0.347. The zero-order valence-electron chi connectivity index (χ0n) is 9.48. The smallest absolute Gasteiger partial charge is 0.126 e. The second-order valence-corrected chi connectivity index (χ2v) is 4.32. The molecule has 0 saturated heterocycles. The molecule has 0 aliphatic rings. The van der Waals surface area contributed by atoms with E-state index >= 15 is 0 Å². The molecule has 3 nitrogen and oxygen atoms in total. The second-order valence-electron chi connectivity index (χ2n) is 3.91. The summed E-state index contributed by atoms with van der Waals surface area (Å²) in [5.41, 5.74) is 1.45. The number of aromatic nitrogens is 2. The van der Waals surface area contributed by atoms with Gasteiger partial charge in [0.2, 0.25) is 0 Å². The Morgan fingerprint density at radius 3 is 2.71 bits per heavy atom. The molecule has 0 amide bonds. The molecule has 1 N–H and O–H groups in total. The van der Waals surface area contributed by atoms with Gasteiger partial charge < -0.3 is 5.11 Å².